The smallest absolute Gasteiger partial charge is 0.241 e. The van der Waals surface area contributed by atoms with Gasteiger partial charge in [0.05, 0.1) is 16.8 Å². The van der Waals surface area contributed by atoms with Gasteiger partial charge in [0.2, 0.25) is 10.0 Å². The van der Waals surface area contributed by atoms with Crippen molar-refractivity contribution in [3.63, 3.8) is 0 Å². The van der Waals surface area contributed by atoms with Crippen LogP contribution in [0.3, 0.4) is 0 Å². The van der Waals surface area contributed by atoms with Crippen LogP contribution in [0, 0.1) is 27.7 Å². The Morgan fingerprint density at radius 2 is 1.93 bits per heavy atom. The van der Waals surface area contributed by atoms with Crippen LogP contribution in [0.1, 0.15) is 48.3 Å². The van der Waals surface area contributed by atoms with Crippen LogP contribution in [0.2, 0.25) is 0 Å². The van der Waals surface area contributed by atoms with Crippen LogP contribution in [0.5, 0.6) is 0 Å². The lowest BCUT2D eigenvalue weighted by Gasteiger charge is -2.17. The van der Waals surface area contributed by atoms with Gasteiger partial charge in [0, 0.05) is 36.3 Å². The number of aryl methyl sites for hydroxylation is 4. The van der Waals surface area contributed by atoms with E-state index in [-0.39, 0.29) is 4.90 Å². The minimum absolute atomic E-state index is 0.226. The molecule has 0 saturated heterocycles. The molecule has 0 amide bonds. The molecule has 28 heavy (non-hydrogen) atoms. The first-order chi connectivity index (χ1) is 13.1. The average Bonchev–Trinajstić information content (AvgIpc) is 3.17. The standard InChI is InChI=1S/C20H26N4O3S/c1-7-24-15(5)20(13(3)22-24)14(4)23-28(25,26)19-10-17(9-8-12(19)2)18-11-21-16(6)27-18/h8-11,14,23H,7H2,1-6H3. The van der Waals surface area contributed by atoms with Crippen molar-refractivity contribution in [1.29, 1.82) is 0 Å². The van der Waals surface area contributed by atoms with Crippen molar-refractivity contribution in [2.24, 2.45) is 0 Å². The molecule has 7 nitrogen and oxygen atoms in total. The van der Waals surface area contributed by atoms with Crippen molar-refractivity contribution in [3.8, 4) is 11.3 Å². The maximum absolute atomic E-state index is 13.1. The Hall–Kier alpha value is -2.45. The Labute approximate surface area is 165 Å². The number of sulfonamides is 1. The summed E-state index contributed by atoms with van der Waals surface area (Å²) in [6, 6.07) is 4.83. The molecule has 0 radical (unpaired) electrons. The molecule has 0 aliphatic heterocycles. The SMILES string of the molecule is CCn1nc(C)c(C(C)NS(=O)(=O)c2cc(-c3cnc(C)o3)ccc2C)c1C. The molecule has 0 bridgehead atoms. The molecule has 0 spiro atoms. The summed E-state index contributed by atoms with van der Waals surface area (Å²) in [5.74, 6) is 1.07. The number of benzene rings is 1. The van der Waals surface area contributed by atoms with Crippen LogP contribution in [-0.2, 0) is 16.6 Å². The van der Waals surface area contributed by atoms with Crippen LogP contribution >= 0.6 is 0 Å². The van der Waals surface area contributed by atoms with E-state index in [0.29, 0.717) is 22.8 Å². The van der Waals surface area contributed by atoms with Gasteiger partial charge in [-0.15, -0.1) is 0 Å². The highest BCUT2D eigenvalue weighted by molar-refractivity contribution is 7.89. The van der Waals surface area contributed by atoms with Gasteiger partial charge < -0.3 is 4.42 Å². The van der Waals surface area contributed by atoms with E-state index in [9.17, 15) is 8.42 Å². The Balaban J connectivity index is 1.96. The summed E-state index contributed by atoms with van der Waals surface area (Å²) in [6.07, 6.45) is 1.60. The van der Waals surface area contributed by atoms with Gasteiger partial charge in [-0.25, -0.2) is 18.1 Å². The molecule has 0 fully saturated rings. The van der Waals surface area contributed by atoms with Crippen molar-refractivity contribution in [1.82, 2.24) is 19.5 Å². The number of aromatic nitrogens is 3. The zero-order valence-electron chi connectivity index (χ0n) is 17.1. The van der Waals surface area contributed by atoms with Crippen molar-refractivity contribution < 1.29 is 12.8 Å². The van der Waals surface area contributed by atoms with E-state index in [2.05, 4.69) is 14.8 Å². The van der Waals surface area contributed by atoms with Gasteiger partial charge in [0.15, 0.2) is 11.7 Å². The zero-order chi connectivity index (χ0) is 20.6. The molecule has 1 atom stereocenters. The van der Waals surface area contributed by atoms with E-state index in [1.54, 1.807) is 32.2 Å². The minimum atomic E-state index is -3.74. The summed E-state index contributed by atoms with van der Waals surface area (Å²) in [7, 11) is -3.74. The Kier molecular flexibility index (Phi) is 5.45. The number of oxazole rings is 1. The van der Waals surface area contributed by atoms with Gasteiger partial charge in [-0.1, -0.05) is 12.1 Å². The summed E-state index contributed by atoms with van der Waals surface area (Å²) in [5.41, 5.74) is 4.04. The van der Waals surface area contributed by atoms with Crippen LogP contribution in [-0.4, -0.2) is 23.2 Å². The van der Waals surface area contributed by atoms with Crippen LogP contribution in [0.25, 0.3) is 11.3 Å². The number of nitrogens with one attached hydrogen (secondary N) is 1. The van der Waals surface area contributed by atoms with Crippen molar-refractivity contribution >= 4 is 10.0 Å². The molecule has 0 saturated carbocycles. The molecule has 1 N–H and O–H groups in total. The molecule has 3 rings (SSSR count). The summed E-state index contributed by atoms with van der Waals surface area (Å²) < 4.78 is 36.5. The average molecular weight is 403 g/mol. The Bertz CT molecular complexity index is 1110. The molecule has 1 aromatic carbocycles. The van der Waals surface area contributed by atoms with Crippen LogP contribution in [0.15, 0.2) is 33.7 Å². The molecule has 2 heterocycles. The molecule has 3 aromatic rings. The van der Waals surface area contributed by atoms with Gasteiger partial charge in [0.25, 0.3) is 0 Å². The molecule has 150 valence electrons. The fourth-order valence-electron chi connectivity index (χ4n) is 3.54. The van der Waals surface area contributed by atoms with Crippen LogP contribution < -0.4 is 4.72 Å². The molecule has 1 unspecified atom stereocenters. The van der Waals surface area contributed by atoms with Crippen molar-refractivity contribution in [2.75, 3.05) is 0 Å². The lowest BCUT2D eigenvalue weighted by molar-refractivity contribution is 0.534. The maximum atomic E-state index is 13.1. The molecular formula is C20H26N4O3S. The van der Waals surface area contributed by atoms with Crippen molar-refractivity contribution in [3.05, 3.63) is 52.8 Å². The first kappa shape index (κ1) is 20.3. The highest BCUT2D eigenvalue weighted by Gasteiger charge is 2.25. The number of nitrogens with zero attached hydrogens (tertiary/aromatic N) is 3. The molecule has 0 aliphatic carbocycles. The fraction of sp³-hybridized carbons (Fsp3) is 0.400. The van der Waals surface area contributed by atoms with E-state index >= 15 is 0 Å². The van der Waals surface area contributed by atoms with E-state index < -0.39 is 16.1 Å². The topological polar surface area (TPSA) is 90.0 Å². The van der Waals surface area contributed by atoms with E-state index in [4.69, 9.17) is 4.42 Å². The van der Waals surface area contributed by atoms with Gasteiger partial charge in [-0.05, 0) is 46.2 Å². The highest BCUT2D eigenvalue weighted by Crippen LogP contribution is 2.28. The van der Waals surface area contributed by atoms with Gasteiger partial charge >= 0.3 is 0 Å². The molecule has 8 heteroatoms. The monoisotopic (exact) mass is 402 g/mol. The summed E-state index contributed by atoms with van der Waals surface area (Å²) in [6.45, 7) is 12.0. The molecule has 0 aliphatic rings. The summed E-state index contributed by atoms with van der Waals surface area (Å²) in [5, 5.41) is 4.49. The summed E-state index contributed by atoms with van der Waals surface area (Å²) in [4.78, 5) is 4.31. The van der Waals surface area contributed by atoms with Gasteiger partial charge in [-0.3, -0.25) is 4.68 Å². The quantitative estimate of drug-likeness (QED) is 0.677. The summed E-state index contributed by atoms with van der Waals surface area (Å²) >= 11 is 0. The lowest BCUT2D eigenvalue weighted by atomic mass is 10.1. The molecular weight excluding hydrogens is 376 g/mol. The second kappa shape index (κ2) is 7.52. The van der Waals surface area contributed by atoms with Gasteiger partial charge in [0.1, 0.15) is 0 Å². The second-order valence-corrected chi connectivity index (χ2v) is 8.65. The Morgan fingerprint density at radius 3 is 2.50 bits per heavy atom. The Morgan fingerprint density at radius 1 is 1.21 bits per heavy atom. The van der Waals surface area contributed by atoms with Gasteiger partial charge in [-0.2, -0.15) is 5.10 Å². The third-order valence-electron chi connectivity index (χ3n) is 4.89. The zero-order valence-corrected chi connectivity index (χ0v) is 17.9. The second-order valence-electron chi connectivity index (χ2n) is 6.97. The fourth-order valence-corrected chi connectivity index (χ4v) is 5.02. The minimum Gasteiger partial charge on any atom is -0.441 e. The molecule has 2 aromatic heterocycles. The predicted molar refractivity (Wildman–Crippen MR) is 108 cm³/mol. The first-order valence-electron chi connectivity index (χ1n) is 9.23. The van der Waals surface area contributed by atoms with E-state index in [1.807, 2.05) is 38.4 Å². The maximum Gasteiger partial charge on any atom is 0.241 e. The van der Waals surface area contributed by atoms with Crippen molar-refractivity contribution in [2.45, 2.75) is 59.0 Å². The van der Waals surface area contributed by atoms with E-state index in [1.165, 1.54) is 0 Å². The lowest BCUT2D eigenvalue weighted by Crippen LogP contribution is -2.28. The predicted octanol–water partition coefficient (Wildman–Crippen LogP) is 3.83. The first-order valence-corrected chi connectivity index (χ1v) is 10.7. The third kappa shape index (κ3) is 3.74. The van der Waals surface area contributed by atoms with Crippen LogP contribution in [0.4, 0.5) is 0 Å². The number of hydrogen-bond acceptors (Lipinski definition) is 5. The normalized spacial score (nSPS) is 13.1. The number of rotatable bonds is 6. The van der Waals surface area contributed by atoms with E-state index in [0.717, 1.165) is 23.5 Å². The largest absolute Gasteiger partial charge is 0.441 e. The highest BCUT2D eigenvalue weighted by atomic mass is 32.2. The third-order valence-corrected chi connectivity index (χ3v) is 6.57. The number of hydrogen-bond donors (Lipinski definition) is 1.